The number of nitrogens with one attached hydrogen (secondary N) is 1. The monoisotopic (exact) mass is 265 g/mol. The molecule has 0 aromatic carbocycles. The molecule has 1 N–H and O–H groups in total. The minimum Gasteiger partial charge on any atom is -0.309 e. The van der Waals surface area contributed by atoms with E-state index in [0.29, 0.717) is 6.04 Å². The van der Waals surface area contributed by atoms with E-state index in [-0.39, 0.29) is 0 Å². The molecule has 1 fully saturated rings. The minimum absolute atomic E-state index is 0.598. The molecule has 1 heterocycles. The Labute approximate surface area is 116 Å². The topological polar surface area (TPSA) is 12.0 Å². The molecular weight excluding hydrogens is 238 g/mol. The van der Waals surface area contributed by atoms with Crippen molar-refractivity contribution in [1.82, 2.24) is 5.32 Å². The molecule has 2 heteroatoms. The van der Waals surface area contributed by atoms with E-state index < -0.39 is 0 Å². The van der Waals surface area contributed by atoms with E-state index in [1.165, 1.54) is 36.1 Å². The van der Waals surface area contributed by atoms with Crippen molar-refractivity contribution < 1.29 is 0 Å². The van der Waals surface area contributed by atoms with Crippen LogP contribution in [0, 0.1) is 25.7 Å². The molecule has 1 unspecified atom stereocenters. The van der Waals surface area contributed by atoms with E-state index in [4.69, 9.17) is 0 Å². The summed E-state index contributed by atoms with van der Waals surface area (Å²) in [5.41, 5.74) is 1.49. The van der Waals surface area contributed by atoms with Gasteiger partial charge in [0.2, 0.25) is 0 Å². The molecule has 0 radical (unpaired) electrons. The second-order valence-corrected chi connectivity index (χ2v) is 7.25. The summed E-state index contributed by atoms with van der Waals surface area (Å²) in [6.45, 7) is 10.2. The highest BCUT2D eigenvalue weighted by Gasteiger charge is 2.28. The molecular formula is C16H27NS. The normalized spacial score (nSPS) is 26.2. The lowest BCUT2D eigenvalue weighted by Crippen LogP contribution is -2.30. The van der Waals surface area contributed by atoms with E-state index in [1.54, 1.807) is 4.88 Å². The van der Waals surface area contributed by atoms with Gasteiger partial charge in [0, 0.05) is 15.8 Å². The first-order valence-electron chi connectivity index (χ1n) is 7.42. The second-order valence-electron chi connectivity index (χ2n) is 5.96. The van der Waals surface area contributed by atoms with Gasteiger partial charge in [-0.25, -0.2) is 0 Å². The number of hydrogen-bond donors (Lipinski definition) is 1. The fourth-order valence-electron chi connectivity index (χ4n) is 3.28. The molecule has 1 aliphatic rings. The van der Waals surface area contributed by atoms with Crippen LogP contribution < -0.4 is 5.32 Å². The van der Waals surface area contributed by atoms with Gasteiger partial charge in [-0.3, -0.25) is 0 Å². The van der Waals surface area contributed by atoms with Crippen LogP contribution in [0.4, 0.5) is 0 Å². The third-order valence-corrected chi connectivity index (χ3v) is 5.55. The van der Waals surface area contributed by atoms with Gasteiger partial charge in [-0.2, -0.15) is 0 Å². The van der Waals surface area contributed by atoms with Crippen molar-refractivity contribution in [3.05, 3.63) is 21.4 Å². The SMILES string of the molecule is CCNC(c1sc(C)cc1C)C1CCC(C)CC1. The highest BCUT2D eigenvalue weighted by molar-refractivity contribution is 7.12. The largest absolute Gasteiger partial charge is 0.309 e. The maximum atomic E-state index is 3.75. The molecule has 0 aliphatic heterocycles. The lowest BCUT2D eigenvalue weighted by Gasteiger charge is -2.33. The minimum atomic E-state index is 0.598. The van der Waals surface area contributed by atoms with Crippen LogP contribution in [0.3, 0.4) is 0 Å². The maximum Gasteiger partial charge on any atom is 0.0446 e. The van der Waals surface area contributed by atoms with E-state index in [0.717, 1.165) is 18.4 Å². The van der Waals surface area contributed by atoms with Gasteiger partial charge in [-0.05, 0) is 56.7 Å². The molecule has 0 bridgehead atoms. The first-order valence-corrected chi connectivity index (χ1v) is 8.23. The fraction of sp³-hybridized carbons (Fsp3) is 0.750. The Kier molecular flexibility index (Phi) is 4.85. The van der Waals surface area contributed by atoms with Crippen LogP contribution >= 0.6 is 11.3 Å². The van der Waals surface area contributed by atoms with Crippen molar-refractivity contribution in [2.75, 3.05) is 6.54 Å². The number of hydrogen-bond acceptors (Lipinski definition) is 2. The fourth-order valence-corrected chi connectivity index (χ4v) is 4.49. The molecule has 18 heavy (non-hydrogen) atoms. The van der Waals surface area contributed by atoms with Crippen molar-refractivity contribution >= 4 is 11.3 Å². The highest BCUT2D eigenvalue weighted by Crippen LogP contribution is 2.40. The summed E-state index contributed by atoms with van der Waals surface area (Å²) in [4.78, 5) is 3.04. The summed E-state index contributed by atoms with van der Waals surface area (Å²) in [5, 5.41) is 3.75. The van der Waals surface area contributed by atoms with Crippen LogP contribution in [0.25, 0.3) is 0 Å². The molecule has 2 rings (SSSR count). The predicted molar refractivity (Wildman–Crippen MR) is 81.3 cm³/mol. The van der Waals surface area contributed by atoms with Crippen molar-refractivity contribution in [2.45, 2.75) is 59.4 Å². The van der Waals surface area contributed by atoms with Gasteiger partial charge in [-0.15, -0.1) is 11.3 Å². The summed E-state index contributed by atoms with van der Waals surface area (Å²) < 4.78 is 0. The average molecular weight is 265 g/mol. The first kappa shape index (κ1) is 14.1. The number of rotatable bonds is 4. The van der Waals surface area contributed by atoms with E-state index >= 15 is 0 Å². The van der Waals surface area contributed by atoms with Crippen LogP contribution in [0.1, 0.15) is 60.9 Å². The van der Waals surface area contributed by atoms with Gasteiger partial charge in [0.25, 0.3) is 0 Å². The van der Waals surface area contributed by atoms with Crippen LogP contribution in [0.5, 0.6) is 0 Å². The Morgan fingerprint density at radius 3 is 2.44 bits per heavy atom. The van der Waals surface area contributed by atoms with E-state index in [9.17, 15) is 0 Å². The van der Waals surface area contributed by atoms with Gasteiger partial charge in [0.15, 0.2) is 0 Å². The molecule has 102 valence electrons. The summed E-state index contributed by atoms with van der Waals surface area (Å²) in [7, 11) is 0. The standard InChI is InChI=1S/C16H27NS/c1-5-17-15(14-8-6-11(2)7-9-14)16-12(3)10-13(4)18-16/h10-11,14-15,17H,5-9H2,1-4H3. The highest BCUT2D eigenvalue weighted by atomic mass is 32.1. The van der Waals surface area contributed by atoms with Crippen LogP contribution in [0.15, 0.2) is 6.07 Å². The molecule has 1 aliphatic carbocycles. The van der Waals surface area contributed by atoms with E-state index in [2.05, 4.69) is 39.1 Å². The molecule has 1 atom stereocenters. The molecule has 0 spiro atoms. The molecule has 1 nitrogen and oxygen atoms in total. The third kappa shape index (κ3) is 3.16. The van der Waals surface area contributed by atoms with Crippen molar-refractivity contribution in [2.24, 2.45) is 11.8 Å². The van der Waals surface area contributed by atoms with Gasteiger partial charge < -0.3 is 5.32 Å². The summed E-state index contributed by atoms with van der Waals surface area (Å²) in [6.07, 6.45) is 5.62. The molecule has 1 aromatic heterocycles. The van der Waals surface area contributed by atoms with Gasteiger partial charge in [0.05, 0.1) is 0 Å². The lowest BCUT2D eigenvalue weighted by atomic mass is 9.78. The Bertz CT molecular complexity index is 374. The van der Waals surface area contributed by atoms with Crippen molar-refractivity contribution in [3.63, 3.8) is 0 Å². The maximum absolute atomic E-state index is 3.75. The Balaban J connectivity index is 2.15. The van der Waals surface area contributed by atoms with Gasteiger partial charge in [0.1, 0.15) is 0 Å². The Hall–Kier alpha value is -0.340. The second kappa shape index (κ2) is 6.21. The number of thiophene rings is 1. The Morgan fingerprint density at radius 2 is 1.94 bits per heavy atom. The summed E-state index contributed by atoms with van der Waals surface area (Å²) in [5.74, 6) is 1.78. The number of aryl methyl sites for hydroxylation is 2. The van der Waals surface area contributed by atoms with E-state index in [1.807, 2.05) is 11.3 Å². The zero-order valence-corrected chi connectivity index (χ0v) is 13.1. The lowest BCUT2D eigenvalue weighted by molar-refractivity contribution is 0.235. The first-order chi connectivity index (χ1) is 8.61. The quantitative estimate of drug-likeness (QED) is 0.821. The smallest absolute Gasteiger partial charge is 0.0446 e. The predicted octanol–water partition coefficient (Wildman–Crippen LogP) is 4.84. The van der Waals surface area contributed by atoms with Crippen LogP contribution in [0.2, 0.25) is 0 Å². The van der Waals surface area contributed by atoms with Crippen molar-refractivity contribution in [3.8, 4) is 0 Å². The molecule has 1 saturated carbocycles. The van der Waals surface area contributed by atoms with Crippen molar-refractivity contribution in [1.29, 1.82) is 0 Å². The summed E-state index contributed by atoms with van der Waals surface area (Å²) in [6, 6.07) is 2.94. The Morgan fingerprint density at radius 1 is 1.28 bits per heavy atom. The van der Waals surface area contributed by atoms with Crippen LogP contribution in [-0.4, -0.2) is 6.54 Å². The third-order valence-electron chi connectivity index (χ3n) is 4.32. The van der Waals surface area contributed by atoms with Gasteiger partial charge >= 0.3 is 0 Å². The molecule has 1 aromatic rings. The molecule has 0 saturated heterocycles. The zero-order valence-electron chi connectivity index (χ0n) is 12.3. The molecule has 0 amide bonds. The van der Waals surface area contributed by atoms with Gasteiger partial charge in [-0.1, -0.05) is 26.7 Å². The van der Waals surface area contributed by atoms with Crippen LogP contribution in [-0.2, 0) is 0 Å². The summed E-state index contributed by atoms with van der Waals surface area (Å²) >= 11 is 1.99. The average Bonchev–Trinajstić information content (AvgIpc) is 2.67. The zero-order chi connectivity index (χ0) is 13.1.